The van der Waals surface area contributed by atoms with E-state index in [0.717, 1.165) is 0 Å². The second kappa shape index (κ2) is 1.91. The summed E-state index contributed by atoms with van der Waals surface area (Å²) in [5, 5.41) is 7.14. The van der Waals surface area contributed by atoms with Crippen LogP contribution in [-0.4, -0.2) is 4.57 Å². The fourth-order valence-electron chi connectivity index (χ4n) is 0.402. The van der Waals surface area contributed by atoms with Crippen molar-refractivity contribution in [3.63, 3.8) is 0 Å². The summed E-state index contributed by atoms with van der Waals surface area (Å²) in [6, 6.07) is 0. The van der Waals surface area contributed by atoms with E-state index < -0.39 is 0 Å². The van der Waals surface area contributed by atoms with Crippen molar-refractivity contribution in [1.82, 2.24) is 4.57 Å². The van der Waals surface area contributed by atoms with E-state index in [1.807, 2.05) is 0 Å². The van der Waals surface area contributed by atoms with Gasteiger partial charge in [-0.15, -0.1) is 0 Å². The van der Waals surface area contributed by atoms with E-state index in [0.29, 0.717) is 9.14 Å². The maximum Gasteiger partial charge on any atom is 0.183 e. The van der Waals surface area contributed by atoms with Crippen molar-refractivity contribution in [2.75, 3.05) is 0 Å². The van der Waals surface area contributed by atoms with Gasteiger partial charge in [-0.2, -0.15) is 0 Å². The third-order valence-corrected chi connectivity index (χ3v) is 1.92. The molecule has 1 aromatic heterocycles. The Kier molecular flexibility index (Phi) is 1.40. The van der Waals surface area contributed by atoms with Crippen LogP contribution in [0.25, 0.3) is 0 Å². The molecule has 0 radical (unpaired) electrons. The quantitative estimate of drug-likeness (QED) is 0.573. The summed E-state index contributed by atoms with van der Waals surface area (Å²) in [7, 11) is 1.80. The molecule has 0 fully saturated rings. The molecule has 0 aromatic carbocycles. The van der Waals surface area contributed by atoms with E-state index in [9.17, 15) is 0 Å². The molecule has 0 atom stereocenters. The molecule has 4 heteroatoms. The molecule has 0 saturated heterocycles. The molecule has 0 bridgehead atoms. The van der Waals surface area contributed by atoms with Crippen LogP contribution in [0.2, 0.25) is 4.34 Å². The van der Waals surface area contributed by atoms with Gasteiger partial charge in [-0.05, 0) is 0 Å². The van der Waals surface area contributed by atoms with Crippen molar-refractivity contribution in [2.24, 2.45) is 7.05 Å². The normalized spacial score (nSPS) is 9.75. The van der Waals surface area contributed by atoms with E-state index in [1.165, 1.54) is 11.3 Å². The molecular weight excluding hydrogens is 144 g/mol. The van der Waals surface area contributed by atoms with Crippen LogP contribution in [0.1, 0.15) is 0 Å². The van der Waals surface area contributed by atoms with Crippen molar-refractivity contribution in [2.45, 2.75) is 0 Å². The third-order valence-electron chi connectivity index (χ3n) is 0.810. The van der Waals surface area contributed by atoms with Crippen molar-refractivity contribution in [1.29, 1.82) is 5.41 Å². The molecule has 8 heavy (non-hydrogen) atoms. The van der Waals surface area contributed by atoms with Crippen LogP contribution in [0.3, 0.4) is 0 Å². The molecule has 0 aliphatic rings. The zero-order valence-corrected chi connectivity index (χ0v) is 5.88. The van der Waals surface area contributed by atoms with Crippen LogP contribution in [-0.2, 0) is 7.05 Å². The predicted octanol–water partition coefficient (Wildman–Crippen LogP) is 1.22. The Labute approximate surface area is 55.9 Å². The molecule has 1 rings (SSSR count). The number of hydrogen-bond donors (Lipinski definition) is 1. The molecule has 1 N–H and O–H groups in total. The Morgan fingerprint density at radius 2 is 2.50 bits per heavy atom. The number of nitrogens with zero attached hydrogens (tertiary/aromatic N) is 1. The summed E-state index contributed by atoms with van der Waals surface area (Å²) in [5.74, 6) is 0. The molecule has 0 aliphatic heterocycles. The van der Waals surface area contributed by atoms with Crippen LogP contribution in [0.5, 0.6) is 0 Å². The summed E-state index contributed by atoms with van der Waals surface area (Å²) in [6.07, 6.45) is 1.72. The lowest BCUT2D eigenvalue weighted by molar-refractivity contribution is 0.857. The molecular formula is C4H5ClN2S. The van der Waals surface area contributed by atoms with Gasteiger partial charge in [0.1, 0.15) is 4.34 Å². The Balaban J connectivity index is 3.35. The predicted molar refractivity (Wildman–Crippen MR) is 34.2 cm³/mol. The summed E-state index contributed by atoms with van der Waals surface area (Å²) in [4.78, 5) is 0.481. The Morgan fingerprint density at radius 1 is 1.88 bits per heavy atom. The fraction of sp³-hybridized carbons (Fsp3) is 0.250. The van der Waals surface area contributed by atoms with Crippen LogP contribution in [0.15, 0.2) is 6.20 Å². The smallest absolute Gasteiger partial charge is 0.183 e. The maximum atomic E-state index is 7.14. The van der Waals surface area contributed by atoms with Gasteiger partial charge in [-0.1, -0.05) is 22.9 Å². The lowest BCUT2D eigenvalue weighted by Crippen LogP contribution is -2.05. The number of rotatable bonds is 0. The monoisotopic (exact) mass is 148 g/mol. The minimum atomic E-state index is 0.481. The second-order valence-corrected chi connectivity index (χ2v) is 3.11. The summed E-state index contributed by atoms with van der Waals surface area (Å²) in [5.41, 5.74) is 0. The first-order valence-electron chi connectivity index (χ1n) is 2.06. The third kappa shape index (κ3) is 0.928. The van der Waals surface area contributed by atoms with Gasteiger partial charge in [0, 0.05) is 13.2 Å². The number of hydrogen-bond acceptors (Lipinski definition) is 2. The Morgan fingerprint density at radius 3 is 2.62 bits per heavy atom. The summed E-state index contributed by atoms with van der Waals surface area (Å²) in [6.45, 7) is 0. The molecule has 0 amide bonds. The maximum absolute atomic E-state index is 7.14. The van der Waals surface area contributed by atoms with Crippen LogP contribution in [0, 0.1) is 5.41 Å². The largest absolute Gasteiger partial charge is 0.326 e. The highest BCUT2D eigenvalue weighted by molar-refractivity contribution is 7.13. The molecule has 0 aliphatic carbocycles. The lowest BCUT2D eigenvalue weighted by atomic mass is 10.9. The lowest BCUT2D eigenvalue weighted by Gasteiger charge is -1.80. The van der Waals surface area contributed by atoms with Crippen molar-refractivity contribution < 1.29 is 0 Å². The van der Waals surface area contributed by atoms with Crippen molar-refractivity contribution in [3.8, 4) is 0 Å². The number of aromatic nitrogens is 1. The second-order valence-electron chi connectivity index (χ2n) is 1.45. The topological polar surface area (TPSA) is 28.8 Å². The van der Waals surface area contributed by atoms with E-state index in [-0.39, 0.29) is 0 Å². The molecule has 2 nitrogen and oxygen atoms in total. The van der Waals surface area contributed by atoms with Gasteiger partial charge in [0.05, 0.1) is 0 Å². The number of nitrogens with one attached hydrogen (secondary N) is 1. The van der Waals surface area contributed by atoms with Crippen LogP contribution in [0.4, 0.5) is 0 Å². The first-order valence-corrected chi connectivity index (χ1v) is 3.26. The highest BCUT2D eigenvalue weighted by Gasteiger charge is 1.90. The highest BCUT2D eigenvalue weighted by Crippen LogP contribution is 2.08. The molecule has 1 heterocycles. The minimum absolute atomic E-state index is 0.481. The van der Waals surface area contributed by atoms with Gasteiger partial charge in [0.15, 0.2) is 4.80 Å². The minimum Gasteiger partial charge on any atom is -0.326 e. The van der Waals surface area contributed by atoms with Gasteiger partial charge in [0.2, 0.25) is 0 Å². The van der Waals surface area contributed by atoms with Gasteiger partial charge >= 0.3 is 0 Å². The van der Waals surface area contributed by atoms with Gasteiger partial charge < -0.3 is 4.57 Å². The van der Waals surface area contributed by atoms with Crippen molar-refractivity contribution in [3.05, 3.63) is 15.3 Å². The van der Waals surface area contributed by atoms with E-state index in [2.05, 4.69) is 0 Å². The zero-order valence-electron chi connectivity index (χ0n) is 4.31. The highest BCUT2D eigenvalue weighted by atomic mass is 35.5. The molecule has 0 unspecified atom stereocenters. The van der Waals surface area contributed by atoms with Gasteiger partial charge in [-0.3, -0.25) is 5.41 Å². The van der Waals surface area contributed by atoms with Crippen LogP contribution < -0.4 is 4.80 Å². The Hall–Kier alpha value is -0.280. The number of halogens is 1. The van der Waals surface area contributed by atoms with Crippen molar-refractivity contribution >= 4 is 22.9 Å². The zero-order chi connectivity index (χ0) is 6.15. The van der Waals surface area contributed by atoms with E-state index >= 15 is 0 Å². The Bertz CT molecular complexity index is 236. The van der Waals surface area contributed by atoms with E-state index in [1.54, 1.807) is 17.8 Å². The number of aryl methyl sites for hydroxylation is 1. The molecule has 44 valence electrons. The average molecular weight is 149 g/mol. The SMILES string of the molecule is Cn1cc(Cl)sc1=N. The van der Waals surface area contributed by atoms with Gasteiger partial charge in [-0.25, -0.2) is 0 Å². The summed E-state index contributed by atoms with van der Waals surface area (Å²) < 4.78 is 2.34. The fourth-order valence-corrected chi connectivity index (χ4v) is 1.36. The van der Waals surface area contributed by atoms with Gasteiger partial charge in [0.25, 0.3) is 0 Å². The molecule has 0 spiro atoms. The molecule has 0 saturated carbocycles. The molecule has 1 aromatic rings. The van der Waals surface area contributed by atoms with E-state index in [4.69, 9.17) is 17.0 Å². The first kappa shape index (κ1) is 5.85. The average Bonchev–Trinajstić information content (AvgIpc) is 1.85. The van der Waals surface area contributed by atoms with Crippen LogP contribution >= 0.6 is 22.9 Å². The first-order chi connectivity index (χ1) is 3.70. The summed E-state index contributed by atoms with van der Waals surface area (Å²) >= 11 is 6.81. The standard InChI is InChI=1S/C4H5ClN2S/c1-7-2-3(5)8-4(7)6/h2,6H,1H3. The number of thiazole rings is 1.